The lowest BCUT2D eigenvalue weighted by Gasteiger charge is -2.24. The fourth-order valence-electron chi connectivity index (χ4n) is 3.86. The number of hydrogen-bond donors (Lipinski definition) is 1. The highest BCUT2D eigenvalue weighted by atomic mass is 16.5. The highest BCUT2D eigenvalue weighted by molar-refractivity contribution is 5.94. The van der Waals surface area contributed by atoms with Crippen LogP contribution in [0.3, 0.4) is 0 Å². The normalized spacial score (nSPS) is 22.3. The number of hydrogen-bond acceptors (Lipinski definition) is 5. The van der Waals surface area contributed by atoms with Crippen LogP contribution in [0.25, 0.3) is 0 Å². The molecule has 140 valence electrons. The van der Waals surface area contributed by atoms with Crippen molar-refractivity contribution >= 4 is 5.91 Å². The minimum atomic E-state index is -0.107. The van der Waals surface area contributed by atoms with Gasteiger partial charge in [-0.2, -0.15) is 5.10 Å². The van der Waals surface area contributed by atoms with Gasteiger partial charge in [-0.1, -0.05) is 0 Å². The van der Waals surface area contributed by atoms with Gasteiger partial charge in [0.15, 0.2) is 5.82 Å². The van der Waals surface area contributed by atoms with Gasteiger partial charge in [0, 0.05) is 24.6 Å². The molecule has 2 aliphatic rings. The third-order valence-electron chi connectivity index (χ3n) is 5.17. The van der Waals surface area contributed by atoms with Crippen molar-refractivity contribution in [3.63, 3.8) is 0 Å². The molecule has 0 aromatic carbocycles. The first-order chi connectivity index (χ1) is 12.5. The molecule has 0 saturated heterocycles. The predicted molar refractivity (Wildman–Crippen MR) is 94.8 cm³/mol. The largest absolute Gasteiger partial charge is 0.369 e. The van der Waals surface area contributed by atoms with Crippen LogP contribution in [-0.2, 0) is 24.2 Å². The molecule has 8 nitrogen and oxygen atoms in total. The summed E-state index contributed by atoms with van der Waals surface area (Å²) in [4.78, 5) is 13.0. The number of nitrogens with one attached hydrogen (secondary N) is 1. The van der Waals surface area contributed by atoms with E-state index in [0.717, 1.165) is 35.7 Å². The Balaban J connectivity index is 1.57. The summed E-state index contributed by atoms with van der Waals surface area (Å²) >= 11 is 0. The second-order valence-electron chi connectivity index (χ2n) is 7.27. The van der Waals surface area contributed by atoms with E-state index in [0.29, 0.717) is 31.2 Å². The number of fused-ring (bicyclic) bond motifs is 1. The van der Waals surface area contributed by atoms with E-state index < -0.39 is 0 Å². The molecule has 0 radical (unpaired) electrons. The van der Waals surface area contributed by atoms with E-state index in [1.165, 1.54) is 0 Å². The second-order valence-corrected chi connectivity index (χ2v) is 7.27. The van der Waals surface area contributed by atoms with Crippen molar-refractivity contribution in [2.75, 3.05) is 0 Å². The molecule has 1 saturated carbocycles. The summed E-state index contributed by atoms with van der Waals surface area (Å²) < 4.78 is 9.79. The molecule has 2 aromatic heterocycles. The van der Waals surface area contributed by atoms with Crippen molar-refractivity contribution in [1.82, 2.24) is 29.9 Å². The van der Waals surface area contributed by atoms with Gasteiger partial charge in [0.05, 0.1) is 24.4 Å². The molecule has 0 spiro atoms. The molecule has 1 aliphatic heterocycles. The van der Waals surface area contributed by atoms with Crippen molar-refractivity contribution in [1.29, 1.82) is 0 Å². The van der Waals surface area contributed by atoms with Crippen LogP contribution in [0.5, 0.6) is 0 Å². The Morgan fingerprint density at radius 2 is 2.08 bits per heavy atom. The number of rotatable bonds is 5. The van der Waals surface area contributed by atoms with E-state index in [4.69, 9.17) is 4.74 Å². The molecule has 26 heavy (non-hydrogen) atoms. The SMILES string of the molecule is CCn1nc2c(c1C(=O)NCc1nnc(C)n1C1CC1)C[C@H](C)O[C@@H]2C. The summed E-state index contributed by atoms with van der Waals surface area (Å²) in [7, 11) is 0. The van der Waals surface area contributed by atoms with Gasteiger partial charge < -0.3 is 14.6 Å². The lowest BCUT2D eigenvalue weighted by Crippen LogP contribution is -2.29. The van der Waals surface area contributed by atoms with E-state index in [1.807, 2.05) is 27.7 Å². The molecule has 0 bridgehead atoms. The number of amides is 1. The van der Waals surface area contributed by atoms with E-state index in [9.17, 15) is 4.79 Å². The number of carbonyl (C=O) groups is 1. The molecule has 0 unspecified atom stereocenters. The third kappa shape index (κ3) is 2.92. The van der Waals surface area contributed by atoms with E-state index in [2.05, 4.69) is 25.2 Å². The van der Waals surface area contributed by atoms with Crippen LogP contribution in [0.15, 0.2) is 0 Å². The predicted octanol–water partition coefficient (Wildman–Crippen LogP) is 2.09. The lowest BCUT2D eigenvalue weighted by atomic mass is 9.99. The Labute approximate surface area is 152 Å². The van der Waals surface area contributed by atoms with Crippen LogP contribution in [-0.4, -0.2) is 36.6 Å². The molecule has 2 atom stereocenters. The molecular weight excluding hydrogens is 332 g/mol. The van der Waals surface area contributed by atoms with Gasteiger partial charge in [-0.15, -0.1) is 10.2 Å². The summed E-state index contributed by atoms with van der Waals surface area (Å²) in [6.07, 6.45) is 3.02. The van der Waals surface area contributed by atoms with E-state index in [-0.39, 0.29) is 18.1 Å². The molecule has 3 heterocycles. The number of nitrogens with zero attached hydrogens (tertiary/aromatic N) is 5. The zero-order chi connectivity index (χ0) is 18.4. The van der Waals surface area contributed by atoms with Crippen LogP contribution in [0.4, 0.5) is 0 Å². The van der Waals surface area contributed by atoms with Gasteiger partial charge in [-0.25, -0.2) is 0 Å². The summed E-state index contributed by atoms with van der Waals surface area (Å²) in [5, 5.41) is 16.1. The van der Waals surface area contributed by atoms with Gasteiger partial charge in [0.1, 0.15) is 11.5 Å². The van der Waals surface area contributed by atoms with Crippen molar-refractivity contribution < 1.29 is 9.53 Å². The van der Waals surface area contributed by atoms with Gasteiger partial charge in [-0.05, 0) is 40.5 Å². The average molecular weight is 358 g/mol. The minimum absolute atomic E-state index is 0.0826. The number of aromatic nitrogens is 5. The van der Waals surface area contributed by atoms with Crippen LogP contribution < -0.4 is 5.32 Å². The third-order valence-corrected chi connectivity index (χ3v) is 5.17. The van der Waals surface area contributed by atoms with Crippen LogP contribution in [0.1, 0.15) is 79.2 Å². The highest BCUT2D eigenvalue weighted by Crippen LogP contribution is 2.36. The highest BCUT2D eigenvalue weighted by Gasteiger charge is 2.32. The summed E-state index contributed by atoms with van der Waals surface area (Å²) in [5.41, 5.74) is 2.54. The Kier molecular flexibility index (Phi) is 4.30. The van der Waals surface area contributed by atoms with Crippen LogP contribution >= 0.6 is 0 Å². The van der Waals surface area contributed by atoms with E-state index in [1.54, 1.807) is 4.68 Å². The Hall–Kier alpha value is -2.22. The standard InChI is InChI=1S/C18H26N6O2/c1-5-23-17(14-8-10(2)26-11(3)16(14)22-23)18(25)19-9-15-21-20-12(4)24(15)13-6-7-13/h10-11,13H,5-9H2,1-4H3,(H,19,25)/t10-,11+/m0/s1. The average Bonchev–Trinajstić information content (AvgIpc) is 3.26. The maximum absolute atomic E-state index is 13.0. The quantitative estimate of drug-likeness (QED) is 0.884. The molecule has 2 aromatic rings. The summed E-state index contributed by atoms with van der Waals surface area (Å²) in [6, 6.07) is 0.490. The first kappa shape index (κ1) is 17.2. The molecule has 1 fully saturated rings. The van der Waals surface area contributed by atoms with Crippen molar-refractivity contribution in [3.05, 3.63) is 28.6 Å². The van der Waals surface area contributed by atoms with Gasteiger partial charge >= 0.3 is 0 Å². The Morgan fingerprint density at radius 3 is 2.77 bits per heavy atom. The molecule has 4 rings (SSSR count). The Bertz CT molecular complexity index is 835. The lowest BCUT2D eigenvalue weighted by molar-refractivity contribution is -0.00712. The van der Waals surface area contributed by atoms with Crippen molar-refractivity contribution in [2.24, 2.45) is 0 Å². The summed E-state index contributed by atoms with van der Waals surface area (Å²) in [5.74, 6) is 1.62. The van der Waals surface area contributed by atoms with Crippen LogP contribution in [0, 0.1) is 6.92 Å². The molecular formula is C18H26N6O2. The first-order valence-corrected chi connectivity index (χ1v) is 9.43. The zero-order valence-electron chi connectivity index (χ0n) is 15.8. The van der Waals surface area contributed by atoms with Crippen molar-refractivity contribution in [2.45, 2.75) is 78.3 Å². The minimum Gasteiger partial charge on any atom is -0.369 e. The smallest absolute Gasteiger partial charge is 0.270 e. The second kappa shape index (κ2) is 6.50. The number of carbonyl (C=O) groups excluding carboxylic acids is 1. The monoisotopic (exact) mass is 358 g/mol. The molecule has 1 N–H and O–H groups in total. The summed E-state index contributed by atoms with van der Waals surface area (Å²) in [6.45, 7) is 9.00. The molecule has 1 aliphatic carbocycles. The number of ether oxygens (including phenoxy) is 1. The fourth-order valence-corrected chi connectivity index (χ4v) is 3.86. The van der Waals surface area contributed by atoms with E-state index >= 15 is 0 Å². The zero-order valence-corrected chi connectivity index (χ0v) is 15.8. The first-order valence-electron chi connectivity index (χ1n) is 9.43. The van der Waals surface area contributed by atoms with Crippen molar-refractivity contribution in [3.8, 4) is 0 Å². The fraction of sp³-hybridized carbons (Fsp3) is 0.667. The topological polar surface area (TPSA) is 86.9 Å². The van der Waals surface area contributed by atoms with Gasteiger partial charge in [0.2, 0.25) is 0 Å². The van der Waals surface area contributed by atoms with Crippen LogP contribution in [0.2, 0.25) is 0 Å². The Morgan fingerprint density at radius 1 is 1.31 bits per heavy atom. The molecule has 8 heteroatoms. The molecule has 1 amide bonds. The number of aryl methyl sites for hydroxylation is 2. The van der Waals surface area contributed by atoms with Gasteiger partial charge in [-0.3, -0.25) is 9.48 Å². The maximum atomic E-state index is 13.0. The van der Waals surface area contributed by atoms with Gasteiger partial charge in [0.25, 0.3) is 5.91 Å². The maximum Gasteiger partial charge on any atom is 0.270 e.